The summed E-state index contributed by atoms with van der Waals surface area (Å²) in [5.41, 5.74) is 3.28. The minimum absolute atomic E-state index is 0.0282. The average Bonchev–Trinajstić information content (AvgIpc) is 3.00. The van der Waals surface area contributed by atoms with Crippen LogP contribution in [0.25, 0.3) is 10.2 Å². The third-order valence-corrected chi connectivity index (χ3v) is 4.95. The zero-order valence-electron chi connectivity index (χ0n) is 13.8. The van der Waals surface area contributed by atoms with Crippen LogP contribution >= 0.6 is 11.3 Å². The molecule has 0 aliphatic rings. The van der Waals surface area contributed by atoms with Crippen LogP contribution in [0.2, 0.25) is 0 Å². The predicted molar refractivity (Wildman–Crippen MR) is 97.5 cm³/mol. The third-order valence-electron chi connectivity index (χ3n) is 3.92. The smallest absolute Gasteiger partial charge is 0.223 e. The molecule has 0 atom stereocenters. The zero-order valence-corrected chi connectivity index (χ0v) is 14.7. The van der Waals surface area contributed by atoms with Crippen molar-refractivity contribution in [3.8, 4) is 5.75 Å². The number of carbonyl (C=O) groups excluding carboxylic acids is 1. The summed E-state index contributed by atoms with van der Waals surface area (Å²) in [6, 6.07) is 13.9. The van der Waals surface area contributed by atoms with Gasteiger partial charge in [-0.3, -0.25) is 4.79 Å². The van der Waals surface area contributed by atoms with Crippen LogP contribution in [0.3, 0.4) is 0 Å². The summed E-state index contributed by atoms with van der Waals surface area (Å²) in [5, 5.41) is 3.82. The fourth-order valence-corrected chi connectivity index (χ4v) is 3.30. The van der Waals surface area contributed by atoms with E-state index in [0.717, 1.165) is 26.5 Å². The number of para-hydroxylation sites is 1. The van der Waals surface area contributed by atoms with Crippen molar-refractivity contribution in [2.45, 2.75) is 26.8 Å². The lowest BCUT2D eigenvalue weighted by molar-refractivity contribution is -0.121. The molecule has 1 N–H and O–H groups in total. The Bertz CT molecular complexity index is 824. The highest BCUT2D eigenvalue weighted by Gasteiger charge is 2.07. The topological polar surface area (TPSA) is 51.2 Å². The van der Waals surface area contributed by atoms with Gasteiger partial charge in [0.1, 0.15) is 10.8 Å². The molecule has 0 fully saturated rings. The largest absolute Gasteiger partial charge is 0.493 e. The molecule has 3 aromatic rings. The molecule has 24 heavy (non-hydrogen) atoms. The number of aromatic nitrogens is 1. The Balaban J connectivity index is 1.46. The summed E-state index contributed by atoms with van der Waals surface area (Å²) in [7, 11) is 0. The summed E-state index contributed by atoms with van der Waals surface area (Å²) in [6.07, 6.45) is 0.332. The van der Waals surface area contributed by atoms with E-state index in [9.17, 15) is 4.79 Å². The van der Waals surface area contributed by atoms with Crippen LogP contribution in [0.1, 0.15) is 22.6 Å². The van der Waals surface area contributed by atoms with Gasteiger partial charge in [-0.1, -0.05) is 24.3 Å². The SMILES string of the molecule is Cc1cccc(OCCC(=O)NCc2nc3ccccc3s2)c1C. The number of rotatable bonds is 6. The van der Waals surface area contributed by atoms with Gasteiger partial charge in [-0.05, 0) is 43.2 Å². The van der Waals surface area contributed by atoms with Gasteiger partial charge in [0, 0.05) is 0 Å². The maximum atomic E-state index is 12.0. The van der Waals surface area contributed by atoms with Gasteiger partial charge in [0.15, 0.2) is 0 Å². The van der Waals surface area contributed by atoms with Crippen molar-refractivity contribution < 1.29 is 9.53 Å². The maximum absolute atomic E-state index is 12.0. The third kappa shape index (κ3) is 3.92. The number of benzene rings is 2. The van der Waals surface area contributed by atoms with Crippen molar-refractivity contribution >= 4 is 27.5 Å². The molecular weight excluding hydrogens is 320 g/mol. The van der Waals surface area contributed by atoms with Crippen molar-refractivity contribution in [3.05, 3.63) is 58.6 Å². The van der Waals surface area contributed by atoms with E-state index in [1.165, 1.54) is 5.56 Å². The average molecular weight is 340 g/mol. The van der Waals surface area contributed by atoms with E-state index in [-0.39, 0.29) is 5.91 Å². The second-order valence-electron chi connectivity index (χ2n) is 5.65. The first-order chi connectivity index (χ1) is 11.6. The monoisotopic (exact) mass is 340 g/mol. The van der Waals surface area contributed by atoms with Gasteiger partial charge < -0.3 is 10.1 Å². The summed E-state index contributed by atoms with van der Waals surface area (Å²) < 4.78 is 6.85. The molecule has 1 heterocycles. The Labute approximate surface area is 145 Å². The lowest BCUT2D eigenvalue weighted by Crippen LogP contribution is -2.24. The molecule has 0 spiro atoms. The fraction of sp³-hybridized carbons (Fsp3) is 0.263. The molecule has 5 heteroatoms. The summed E-state index contributed by atoms with van der Waals surface area (Å²) >= 11 is 1.61. The minimum atomic E-state index is -0.0282. The van der Waals surface area contributed by atoms with E-state index in [1.54, 1.807) is 11.3 Å². The number of nitrogens with zero attached hydrogens (tertiary/aromatic N) is 1. The van der Waals surface area contributed by atoms with Crippen LogP contribution in [0, 0.1) is 13.8 Å². The molecule has 0 unspecified atom stereocenters. The zero-order chi connectivity index (χ0) is 16.9. The fourth-order valence-electron chi connectivity index (χ4n) is 2.39. The van der Waals surface area contributed by atoms with Crippen molar-refractivity contribution in [2.75, 3.05) is 6.61 Å². The van der Waals surface area contributed by atoms with E-state index in [4.69, 9.17) is 4.74 Å². The quantitative estimate of drug-likeness (QED) is 0.738. The van der Waals surface area contributed by atoms with Gasteiger partial charge in [-0.25, -0.2) is 4.98 Å². The molecule has 0 aliphatic heterocycles. The Morgan fingerprint density at radius 3 is 2.83 bits per heavy atom. The minimum Gasteiger partial charge on any atom is -0.493 e. The highest BCUT2D eigenvalue weighted by atomic mass is 32.1. The van der Waals surface area contributed by atoms with Gasteiger partial charge in [0.25, 0.3) is 0 Å². The standard InChI is InChI=1S/C19H20N2O2S/c1-13-6-5-8-16(14(13)2)23-11-10-18(22)20-12-19-21-15-7-3-4-9-17(15)24-19/h3-9H,10-12H2,1-2H3,(H,20,22). The summed E-state index contributed by atoms with van der Waals surface area (Å²) in [5.74, 6) is 0.813. The van der Waals surface area contributed by atoms with Gasteiger partial charge in [0.2, 0.25) is 5.91 Å². The first-order valence-electron chi connectivity index (χ1n) is 7.93. The molecule has 0 bridgehead atoms. The summed E-state index contributed by atoms with van der Waals surface area (Å²) in [6.45, 7) is 4.91. The van der Waals surface area contributed by atoms with Crippen LogP contribution in [0.4, 0.5) is 0 Å². The number of hydrogen-bond acceptors (Lipinski definition) is 4. The van der Waals surface area contributed by atoms with Crippen molar-refractivity contribution in [3.63, 3.8) is 0 Å². The van der Waals surface area contributed by atoms with Crippen molar-refractivity contribution in [1.29, 1.82) is 0 Å². The van der Waals surface area contributed by atoms with Crippen LogP contribution in [0.15, 0.2) is 42.5 Å². The van der Waals surface area contributed by atoms with E-state index in [1.807, 2.05) is 56.3 Å². The Morgan fingerprint density at radius 2 is 2.00 bits per heavy atom. The first kappa shape index (κ1) is 16.5. The van der Waals surface area contributed by atoms with Crippen molar-refractivity contribution in [2.24, 2.45) is 0 Å². The number of fused-ring (bicyclic) bond motifs is 1. The van der Waals surface area contributed by atoms with E-state index < -0.39 is 0 Å². The van der Waals surface area contributed by atoms with Gasteiger partial charge in [-0.2, -0.15) is 0 Å². The first-order valence-corrected chi connectivity index (χ1v) is 8.75. The van der Waals surface area contributed by atoms with Crippen LogP contribution in [-0.4, -0.2) is 17.5 Å². The number of hydrogen-bond donors (Lipinski definition) is 1. The number of amides is 1. The molecule has 0 aliphatic carbocycles. The molecule has 0 saturated heterocycles. The van der Waals surface area contributed by atoms with Gasteiger partial charge >= 0.3 is 0 Å². The normalized spacial score (nSPS) is 10.8. The second-order valence-corrected chi connectivity index (χ2v) is 6.76. The Hall–Kier alpha value is -2.40. The number of nitrogens with one attached hydrogen (secondary N) is 1. The van der Waals surface area contributed by atoms with Crippen LogP contribution in [0.5, 0.6) is 5.75 Å². The van der Waals surface area contributed by atoms with Crippen LogP contribution in [-0.2, 0) is 11.3 Å². The molecule has 1 amide bonds. The Morgan fingerprint density at radius 1 is 1.17 bits per heavy atom. The van der Waals surface area contributed by atoms with Crippen LogP contribution < -0.4 is 10.1 Å². The highest BCUT2D eigenvalue weighted by Crippen LogP contribution is 2.22. The lowest BCUT2D eigenvalue weighted by atomic mass is 10.1. The maximum Gasteiger partial charge on any atom is 0.223 e. The lowest BCUT2D eigenvalue weighted by Gasteiger charge is -2.10. The molecule has 0 saturated carbocycles. The van der Waals surface area contributed by atoms with E-state index in [0.29, 0.717) is 19.6 Å². The molecular formula is C19H20N2O2S. The van der Waals surface area contributed by atoms with Gasteiger partial charge in [0.05, 0.1) is 29.8 Å². The number of ether oxygens (including phenoxy) is 1. The molecule has 124 valence electrons. The number of thiazole rings is 1. The van der Waals surface area contributed by atoms with Gasteiger partial charge in [-0.15, -0.1) is 11.3 Å². The van der Waals surface area contributed by atoms with E-state index in [2.05, 4.69) is 10.3 Å². The molecule has 2 aromatic carbocycles. The number of carbonyl (C=O) groups is 1. The molecule has 1 aromatic heterocycles. The predicted octanol–water partition coefficient (Wildman–Crippen LogP) is 4.00. The Kier molecular flexibility index (Phi) is 5.11. The molecule has 4 nitrogen and oxygen atoms in total. The second kappa shape index (κ2) is 7.45. The molecule has 0 radical (unpaired) electrons. The highest BCUT2D eigenvalue weighted by molar-refractivity contribution is 7.18. The molecule has 3 rings (SSSR count). The van der Waals surface area contributed by atoms with Crippen molar-refractivity contribution in [1.82, 2.24) is 10.3 Å². The summed E-state index contributed by atoms with van der Waals surface area (Å²) in [4.78, 5) is 16.5. The number of aryl methyl sites for hydroxylation is 1. The van der Waals surface area contributed by atoms with E-state index >= 15 is 0 Å².